The molecule has 1 atom stereocenters. The number of hydrogen-bond acceptors (Lipinski definition) is 5. The van der Waals surface area contributed by atoms with Gasteiger partial charge in [0.1, 0.15) is 0 Å². The van der Waals surface area contributed by atoms with Gasteiger partial charge in [0.25, 0.3) is 19.9 Å². The summed E-state index contributed by atoms with van der Waals surface area (Å²) in [6.07, 6.45) is 9.01. The summed E-state index contributed by atoms with van der Waals surface area (Å²) in [5.41, 5.74) is -5.85. The molecule has 1 aromatic rings. The fourth-order valence-electron chi connectivity index (χ4n) is 6.95. The average molecular weight is 734 g/mol. The van der Waals surface area contributed by atoms with Gasteiger partial charge in [-0.25, -0.2) is 21.0 Å². The first kappa shape index (κ1) is 37.4. The second kappa shape index (κ2) is 13.5. The number of halogens is 9. The zero-order valence-corrected chi connectivity index (χ0v) is 27.1. The Morgan fingerprint density at radius 2 is 0.957 bits per heavy atom. The number of sulfone groups is 1. The van der Waals surface area contributed by atoms with Crippen LogP contribution in [0.15, 0.2) is 17.0 Å². The number of benzene rings is 1. The lowest BCUT2D eigenvalue weighted by Gasteiger charge is -2.35. The summed E-state index contributed by atoms with van der Waals surface area (Å²) in [4.78, 5) is -1.24. The Morgan fingerprint density at radius 1 is 0.587 bits per heavy atom. The fraction of sp³-hybridized carbons (Fsp3) is 0.786. The zero-order valence-electron chi connectivity index (χ0n) is 24.7. The highest BCUT2D eigenvalue weighted by molar-refractivity contribution is 8.02. The van der Waals surface area contributed by atoms with Gasteiger partial charge in [-0.2, -0.15) is 39.5 Å². The molecule has 3 aliphatic carbocycles. The third-order valence-corrected chi connectivity index (χ3v) is 14.2. The van der Waals surface area contributed by atoms with Crippen molar-refractivity contribution in [2.45, 2.75) is 141 Å². The lowest BCUT2D eigenvalue weighted by Crippen LogP contribution is -2.63. The molecule has 46 heavy (non-hydrogen) atoms. The number of rotatable bonds is 10. The van der Waals surface area contributed by atoms with E-state index in [1.807, 2.05) is 0 Å². The largest absolute Gasteiger partial charge is 0.486 e. The lowest BCUT2D eigenvalue weighted by atomic mass is 9.76. The van der Waals surface area contributed by atoms with Crippen molar-refractivity contribution < 1.29 is 60.6 Å². The third kappa shape index (κ3) is 6.87. The summed E-state index contributed by atoms with van der Waals surface area (Å²) in [6.45, 7) is 0. The molecule has 0 amide bonds. The van der Waals surface area contributed by atoms with E-state index in [0.29, 0.717) is 69.8 Å². The van der Waals surface area contributed by atoms with Gasteiger partial charge in [-0.3, -0.25) is 0 Å². The van der Waals surface area contributed by atoms with E-state index in [2.05, 4.69) is 0 Å². The zero-order chi connectivity index (χ0) is 34.3. The summed E-state index contributed by atoms with van der Waals surface area (Å²) >= 11 is 0. The summed E-state index contributed by atoms with van der Waals surface area (Å²) < 4.78 is 192. The standard InChI is InChI=1S/C28H36F9NO5S3/c29-25(30,27(33,34)46(42,43)38-44(39)28(35,36)37)26(31,32)45(40,41)24-22(19-12-6-2-7-13-19)16-21(18-10-4-1-5-11-18)17-23(24)20-14-8-3-9-15-20/h16-20,38H,1-15H2. The van der Waals surface area contributed by atoms with Crippen molar-refractivity contribution in [3.63, 3.8) is 0 Å². The summed E-state index contributed by atoms with van der Waals surface area (Å²) in [5, 5.41) is -14.0. The molecule has 3 aliphatic rings. The quantitative estimate of drug-likeness (QED) is 0.243. The van der Waals surface area contributed by atoms with Gasteiger partial charge in [0.15, 0.2) is 0 Å². The van der Waals surface area contributed by atoms with Gasteiger partial charge in [0, 0.05) is 0 Å². The Hall–Kier alpha value is -1.40. The second-order valence-corrected chi connectivity index (χ2v) is 17.6. The van der Waals surface area contributed by atoms with Crippen molar-refractivity contribution in [1.29, 1.82) is 0 Å². The minimum atomic E-state index is -7.51. The van der Waals surface area contributed by atoms with Crippen LogP contribution in [0.5, 0.6) is 0 Å². The Kier molecular flexibility index (Phi) is 11.0. The molecule has 18 heteroatoms. The first-order valence-corrected chi connectivity index (χ1v) is 19.3. The molecule has 1 unspecified atom stereocenters. The normalized spacial score (nSPS) is 21.8. The molecule has 0 aromatic heterocycles. The van der Waals surface area contributed by atoms with E-state index < -0.39 is 69.5 Å². The van der Waals surface area contributed by atoms with Crippen molar-refractivity contribution >= 4 is 30.8 Å². The molecule has 264 valence electrons. The molecule has 0 saturated heterocycles. The number of alkyl halides is 9. The summed E-state index contributed by atoms with van der Waals surface area (Å²) in [5.74, 6) is -8.79. The SMILES string of the molecule is O=S(NS(=O)(=O)C(F)(F)C(F)(F)C(F)(F)S(=O)(=O)c1c(C2CCCCC2)cc(C2CCCCC2)cc1C1CCCCC1)C(F)(F)F. The minimum absolute atomic E-state index is 0.0767. The fourth-order valence-corrected chi connectivity index (χ4v) is 10.9. The van der Waals surface area contributed by atoms with Crippen LogP contribution in [0.4, 0.5) is 39.5 Å². The van der Waals surface area contributed by atoms with Gasteiger partial charge in [0.05, 0.1) is 4.90 Å². The van der Waals surface area contributed by atoms with Crippen molar-refractivity contribution in [2.24, 2.45) is 0 Å². The summed E-state index contributed by atoms with van der Waals surface area (Å²) in [7, 11) is -19.3. The Labute approximate surface area is 264 Å². The molecule has 0 spiro atoms. The summed E-state index contributed by atoms with van der Waals surface area (Å²) in [6, 6.07) is 2.78. The van der Waals surface area contributed by atoms with Crippen molar-refractivity contribution in [3.8, 4) is 0 Å². The van der Waals surface area contributed by atoms with E-state index in [1.165, 1.54) is 12.1 Å². The molecular weight excluding hydrogens is 697 g/mol. The molecule has 6 nitrogen and oxygen atoms in total. The molecule has 1 aromatic carbocycles. The molecule has 0 heterocycles. The van der Waals surface area contributed by atoms with E-state index in [4.69, 9.17) is 0 Å². The van der Waals surface area contributed by atoms with E-state index in [9.17, 15) is 43.0 Å². The highest BCUT2D eigenvalue weighted by Gasteiger charge is 2.82. The van der Waals surface area contributed by atoms with Crippen LogP contribution >= 0.6 is 0 Å². The van der Waals surface area contributed by atoms with Crippen molar-refractivity contribution in [1.82, 2.24) is 4.13 Å². The number of sulfonamides is 1. The molecule has 0 bridgehead atoms. The lowest BCUT2D eigenvalue weighted by molar-refractivity contribution is -0.243. The van der Waals surface area contributed by atoms with Crippen molar-refractivity contribution in [3.05, 3.63) is 28.8 Å². The van der Waals surface area contributed by atoms with Gasteiger partial charge in [-0.05, 0) is 73.0 Å². The van der Waals surface area contributed by atoms with E-state index in [0.717, 1.165) is 32.1 Å². The van der Waals surface area contributed by atoms with E-state index >= 15 is 17.6 Å². The van der Waals surface area contributed by atoms with Crippen LogP contribution in [0, 0.1) is 0 Å². The predicted molar refractivity (Wildman–Crippen MR) is 152 cm³/mol. The molecule has 3 saturated carbocycles. The topological polar surface area (TPSA) is 97.4 Å². The van der Waals surface area contributed by atoms with Gasteiger partial charge in [0.2, 0.25) is 11.0 Å². The van der Waals surface area contributed by atoms with Crippen LogP contribution in [0.2, 0.25) is 0 Å². The predicted octanol–water partition coefficient (Wildman–Crippen LogP) is 8.53. The van der Waals surface area contributed by atoms with Crippen LogP contribution < -0.4 is 4.13 Å². The maximum Gasteiger partial charge on any atom is 0.486 e. The molecule has 0 radical (unpaired) electrons. The van der Waals surface area contributed by atoms with Crippen LogP contribution in [0.1, 0.15) is 131 Å². The molecule has 4 rings (SSSR count). The van der Waals surface area contributed by atoms with Crippen LogP contribution in [0.25, 0.3) is 0 Å². The van der Waals surface area contributed by atoms with Gasteiger partial charge < -0.3 is 0 Å². The molecule has 1 N–H and O–H groups in total. The third-order valence-electron chi connectivity index (χ3n) is 9.41. The maximum atomic E-state index is 15.8. The van der Waals surface area contributed by atoms with Gasteiger partial charge in [-0.1, -0.05) is 69.9 Å². The van der Waals surface area contributed by atoms with E-state index in [-0.39, 0.29) is 21.2 Å². The second-order valence-electron chi connectivity index (χ2n) is 12.4. The Morgan fingerprint density at radius 3 is 1.33 bits per heavy atom. The maximum absolute atomic E-state index is 15.8. The van der Waals surface area contributed by atoms with Gasteiger partial charge >= 0.3 is 21.9 Å². The smallest absolute Gasteiger partial charge is 0.233 e. The number of hydrogen-bond donors (Lipinski definition) is 1. The first-order valence-electron chi connectivity index (χ1n) is 15.2. The highest BCUT2D eigenvalue weighted by Crippen LogP contribution is 2.55. The average Bonchev–Trinajstić information content (AvgIpc) is 3.00. The molecule has 0 aliphatic heterocycles. The Balaban J connectivity index is 1.93. The van der Waals surface area contributed by atoms with Gasteiger partial charge in [-0.15, -0.1) is 4.13 Å². The van der Waals surface area contributed by atoms with Crippen LogP contribution in [-0.2, 0) is 30.8 Å². The molecular formula is C28H36F9NO5S3. The van der Waals surface area contributed by atoms with Crippen LogP contribution in [-0.4, -0.2) is 43.0 Å². The monoisotopic (exact) mass is 733 g/mol. The Bertz CT molecular complexity index is 1460. The number of nitrogens with one attached hydrogen (secondary N) is 1. The van der Waals surface area contributed by atoms with E-state index in [1.54, 1.807) is 0 Å². The minimum Gasteiger partial charge on any atom is -0.233 e. The van der Waals surface area contributed by atoms with Crippen molar-refractivity contribution in [2.75, 3.05) is 0 Å². The first-order chi connectivity index (χ1) is 21.2. The molecule has 3 fully saturated rings. The highest BCUT2D eigenvalue weighted by atomic mass is 32.3. The van der Waals surface area contributed by atoms with Crippen LogP contribution in [0.3, 0.4) is 0 Å².